The highest BCUT2D eigenvalue weighted by Crippen LogP contribution is 2.40. The SMILES string of the molecule is CN1CC(CC#N)(n2cc(-c3ncnc4[nH]ccc34)c3ccc(F)cc32)C1. The molecular weight excluding hydrogens is 343 g/mol. The minimum Gasteiger partial charge on any atom is -0.346 e. The van der Waals surface area contributed by atoms with Crippen molar-refractivity contribution >= 4 is 21.9 Å². The highest BCUT2D eigenvalue weighted by molar-refractivity contribution is 6.02. The molecule has 0 spiro atoms. The van der Waals surface area contributed by atoms with Gasteiger partial charge in [0.05, 0.1) is 29.2 Å². The number of benzene rings is 1. The van der Waals surface area contributed by atoms with Gasteiger partial charge < -0.3 is 14.5 Å². The van der Waals surface area contributed by atoms with E-state index in [1.807, 2.05) is 25.5 Å². The fraction of sp³-hybridized carbons (Fsp3) is 0.250. The molecule has 0 atom stereocenters. The van der Waals surface area contributed by atoms with Crippen LogP contribution in [-0.2, 0) is 5.54 Å². The number of rotatable bonds is 3. The Hall–Kier alpha value is -3.24. The van der Waals surface area contributed by atoms with Crippen molar-refractivity contribution in [1.29, 1.82) is 5.26 Å². The predicted molar refractivity (Wildman–Crippen MR) is 100 cm³/mol. The van der Waals surface area contributed by atoms with Gasteiger partial charge >= 0.3 is 0 Å². The Morgan fingerprint density at radius 3 is 2.89 bits per heavy atom. The molecule has 27 heavy (non-hydrogen) atoms. The van der Waals surface area contributed by atoms with Crippen LogP contribution in [0.4, 0.5) is 4.39 Å². The second-order valence-corrected chi connectivity index (χ2v) is 7.27. The van der Waals surface area contributed by atoms with Gasteiger partial charge in [-0.2, -0.15) is 5.26 Å². The molecule has 7 heteroatoms. The van der Waals surface area contributed by atoms with E-state index in [0.29, 0.717) is 6.42 Å². The van der Waals surface area contributed by atoms with Crippen molar-refractivity contribution in [2.45, 2.75) is 12.0 Å². The summed E-state index contributed by atoms with van der Waals surface area (Å²) < 4.78 is 16.2. The Labute approximate surface area is 154 Å². The molecule has 3 aromatic heterocycles. The summed E-state index contributed by atoms with van der Waals surface area (Å²) >= 11 is 0. The molecule has 0 radical (unpaired) electrons. The first kappa shape index (κ1) is 16.0. The van der Waals surface area contributed by atoms with Gasteiger partial charge in [-0.05, 0) is 31.3 Å². The number of hydrogen-bond donors (Lipinski definition) is 1. The molecule has 0 aliphatic carbocycles. The molecule has 1 aliphatic heterocycles. The number of likely N-dealkylation sites (tertiary alicyclic amines) is 1. The van der Waals surface area contributed by atoms with Gasteiger partial charge in [0.2, 0.25) is 0 Å². The van der Waals surface area contributed by atoms with Crippen molar-refractivity contribution in [3.63, 3.8) is 0 Å². The van der Waals surface area contributed by atoms with Gasteiger partial charge in [0, 0.05) is 41.8 Å². The molecule has 0 amide bonds. The van der Waals surface area contributed by atoms with Crippen LogP contribution >= 0.6 is 0 Å². The predicted octanol–water partition coefficient (Wildman–Crippen LogP) is 3.27. The Morgan fingerprint density at radius 1 is 1.26 bits per heavy atom. The zero-order valence-corrected chi connectivity index (χ0v) is 14.8. The monoisotopic (exact) mass is 360 g/mol. The summed E-state index contributed by atoms with van der Waals surface area (Å²) in [5, 5.41) is 11.2. The number of H-pyrrole nitrogens is 1. The van der Waals surface area contributed by atoms with Crippen LogP contribution in [0.2, 0.25) is 0 Å². The Morgan fingerprint density at radius 2 is 2.11 bits per heavy atom. The first-order valence-electron chi connectivity index (χ1n) is 8.76. The fourth-order valence-corrected chi connectivity index (χ4v) is 4.32. The first-order valence-corrected chi connectivity index (χ1v) is 8.76. The summed E-state index contributed by atoms with van der Waals surface area (Å²) in [5.74, 6) is -0.289. The molecular formula is C20H17FN6. The van der Waals surface area contributed by atoms with E-state index in [9.17, 15) is 9.65 Å². The molecule has 4 heterocycles. The number of fused-ring (bicyclic) bond motifs is 2. The number of aromatic nitrogens is 4. The van der Waals surface area contributed by atoms with Gasteiger partial charge in [0.15, 0.2) is 0 Å². The van der Waals surface area contributed by atoms with Crippen LogP contribution in [-0.4, -0.2) is 44.6 Å². The maximum absolute atomic E-state index is 14.1. The molecule has 0 unspecified atom stereocenters. The van der Waals surface area contributed by atoms with Gasteiger partial charge in [0.1, 0.15) is 17.8 Å². The van der Waals surface area contributed by atoms with Crippen molar-refractivity contribution < 1.29 is 4.39 Å². The smallest absolute Gasteiger partial charge is 0.141 e. The topological polar surface area (TPSA) is 73.5 Å². The van der Waals surface area contributed by atoms with Crippen LogP contribution in [0, 0.1) is 17.1 Å². The summed E-state index contributed by atoms with van der Waals surface area (Å²) in [5.41, 5.74) is 2.92. The van der Waals surface area contributed by atoms with E-state index in [1.165, 1.54) is 12.4 Å². The zero-order chi connectivity index (χ0) is 18.6. The van der Waals surface area contributed by atoms with Gasteiger partial charge in [-0.1, -0.05) is 0 Å². The van der Waals surface area contributed by atoms with E-state index in [4.69, 9.17) is 0 Å². The van der Waals surface area contributed by atoms with E-state index in [-0.39, 0.29) is 11.4 Å². The first-order chi connectivity index (χ1) is 13.1. The van der Waals surface area contributed by atoms with Gasteiger partial charge in [-0.3, -0.25) is 0 Å². The molecule has 5 rings (SSSR count). The van der Waals surface area contributed by atoms with Crippen molar-refractivity contribution in [2.24, 2.45) is 0 Å². The number of nitrogens with one attached hydrogen (secondary N) is 1. The number of hydrogen-bond acceptors (Lipinski definition) is 4. The van der Waals surface area contributed by atoms with E-state index in [1.54, 1.807) is 12.1 Å². The van der Waals surface area contributed by atoms with Crippen LogP contribution in [0.15, 0.2) is 43.0 Å². The number of nitriles is 1. The van der Waals surface area contributed by atoms with Crippen molar-refractivity contribution in [2.75, 3.05) is 20.1 Å². The van der Waals surface area contributed by atoms with Crippen molar-refractivity contribution in [1.82, 2.24) is 24.4 Å². The second-order valence-electron chi connectivity index (χ2n) is 7.27. The van der Waals surface area contributed by atoms with Gasteiger partial charge in [-0.15, -0.1) is 0 Å². The maximum Gasteiger partial charge on any atom is 0.141 e. The summed E-state index contributed by atoms with van der Waals surface area (Å²) in [7, 11) is 2.02. The van der Waals surface area contributed by atoms with E-state index >= 15 is 0 Å². The molecule has 0 saturated carbocycles. The highest BCUT2D eigenvalue weighted by Gasteiger charge is 2.43. The second kappa shape index (κ2) is 5.63. The lowest BCUT2D eigenvalue weighted by atomic mass is 9.86. The number of likely N-dealkylation sites (N-methyl/N-ethyl adjacent to an activating group) is 1. The lowest BCUT2D eigenvalue weighted by Crippen LogP contribution is -2.60. The number of aromatic amines is 1. The third-order valence-corrected chi connectivity index (χ3v) is 5.42. The Balaban J connectivity index is 1.80. The molecule has 4 aromatic rings. The Kier molecular flexibility index (Phi) is 3.33. The third kappa shape index (κ3) is 2.27. The standard InChI is InChI=1S/C20H17FN6/c1-26-10-20(11-26,5-6-22)27-9-16(14-3-2-13(21)8-17(14)27)18-15-4-7-23-19(15)25-12-24-18/h2-4,7-9,12H,5,10-11H2,1H3,(H,23,24,25). The molecule has 1 aliphatic rings. The summed E-state index contributed by atoms with van der Waals surface area (Å²) in [6.45, 7) is 1.51. The van der Waals surface area contributed by atoms with Gasteiger partial charge in [0.25, 0.3) is 0 Å². The zero-order valence-electron chi connectivity index (χ0n) is 14.8. The average Bonchev–Trinajstić information content (AvgIpc) is 3.24. The minimum absolute atomic E-state index is 0.289. The largest absolute Gasteiger partial charge is 0.346 e. The third-order valence-electron chi connectivity index (χ3n) is 5.42. The fourth-order valence-electron chi connectivity index (χ4n) is 4.32. The van der Waals surface area contributed by atoms with Crippen LogP contribution in [0.5, 0.6) is 0 Å². The molecule has 1 fully saturated rings. The normalized spacial score (nSPS) is 16.5. The molecule has 6 nitrogen and oxygen atoms in total. The maximum atomic E-state index is 14.1. The quantitative estimate of drug-likeness (QED) is 0.608. The molecule has 1 N–H and O–H groups in total. The lowest BCUT2D eigenvalue weighted by molar-refractivity contribution is 0.0407. The van der Waals surface area contributed by atoms with Crippen LogP contribution in [0.3, 0.4) is 0 Å². The van der Waals surface area contributed by atoms with Crippen LogP contribution < -0.4 is 0 Å². The van der Waals surface area contributed by atoms with E-state index in [2.05, 4.69) is 30.5 Å². The molecule has 0 bridgehead atoms. The summed E-state index contributed by atoms with van der Waals surface area (Å²) in [6.07, 6.45) is 5.76. The average molecular weight is 360 g/mol. The van der Waals surface area contributed by atoms with Crippen molar-refractivity contribution in [3.8, 4) is 17.3 Å². The van der Waals surface area contributed by atoms with Crippen molar-refractivity contribution in [3.05, 3.63) is 48.8 Å². The highest BCUT2D eigenvalue weighted by atomic mass is 19.1. The number of nitrogens with zero attached hydrogens (tertiary/aromatic N) is 5. The number of halogens is 1. The van der Waals surface area contributed by atoms with Crippen LogP contribution in [0.25, 0.3) is 33.2 Å². The summed E-state index contributed by atoms with van der Waals surface area (Å²) in [6, 6.07) is 9.06. The van der Waals surface area contributed by atoms with Crippen LogP contribution in [0.1, 0.15) is 6.42 Å². The van der Waals surface area contributed by atoms with E-state index < -0.39 is 0 Å². The lowest BCUT2D eigenvalue weighted by Gasteiger charge is -2.48. The Bertz CT molecular complexity index is 1210. The molecule has 1 saturated heterocycles. The summed E-state index contributed by atoms with van der Waals surface area (Å²) in [4.78, 5) is 14.0. The van der Waals surface area contributed by atoms with E-state index in [0.717, 1.165) is 46.3 Å². The molecule has 1 aromatic carbocycles. The minimum atomic E-state index is -0.349. The van der Waals surface area contributed by atoms with Gasteiger partial charge in [-0.25, -0.2) is 14.4 Å². The molecule has 134 valence electrons.